The lowest BCUT2D eigenvalue weighted by Crippen LogP contribution is -2.41. The molecule has 1 atom stereocenters. The highest BCUT2D eigenvalue weighted by Gasteiger charge is 2.36. The molecule has 6 heteroatoms. The fraction of sp³-hybridized carbons (Fsp3) is 0.286. The van der Waals surface area contributed by atoms with Crippen LogP contribution in [0.3, 0.4) is 0 Å². The molecule has 1 amide bonds. The van der Waals surface area contributed by atoms with Gasteiger partial charge in [-0.15, -0.1) is 23.1 Å². The molecule has 0 aliphatic carbocycles. The Kier molecular flexibility index (Phi) is 3.43. The van der Waals surface area contributed by atoms with Crippen molar-refractivity contribution in [2.75, 3.05) is 11.6 Å². The van der Waals surface area contributed by atoms with E-state index in [1.54, 1.807) is 0 Å². The van der Waals surface area contributed by atoms with Crippen molar-refractivity contribution in [1.29, 1.82) is 0 Å². The molecule has 1 aromatic heterocycles. The van der Waals surface area contributed by atoms with Crippen LogP contribution in [0.2, 0.25) is 0 Å². The average molecular weight is 307 g/mol. The molecule has 1 saturated heterocycles. The zero-order valence-corrected chi connectivity index (χ0v) is 12.5. The van der Waals surface area contributed by atoms with Gasteiger partial charge in [0.25, 0.3) is 5.91 Å². The van der Waals surface area contributed by atoms with Gasteiger partial charge in [0.15, 0.2) is 0 Å². The SMILES string of the molecule is Cc1c(C(=O)N2CSC[C@H]2C(=O)O)sc2ccccc12. The molecular weight excluding hydrogens is 294 g/mol. The van der Waals surface area contributed by atoms with E-state index in [2.05, 4.69) is 0 Å². The molecular formula is C14H13NO3S2. The Morgan fingerprint density at radius 2 is 2.10 bits per heavy atom. The van der Waals surface area contributed by atoms with Crippen LogP contribution in [0.15, 0.2) is 24.3 Å². The Morgan fingerprint density at radius 3 is 2.80 bits per heavy atom. The van der Waals surface area contributed by atoms with Gasteiger partial charge in [0.2, 0.25) is 0 Å². The van der Waals surface area contributed by atoms with Crippen molar-refractivity contribution in [3.05, 3.63) is 34.7 Å². The number of hydrogen-bond donors (Lipinski definition) is 1. The number of rotatable bonds is 2. The smallest absolute Gasteiger partial charge is 0.327 e. The van der Waals surface area contributed by atoms with E-state index in [0.717, 1.165) is 15.6 Å². The number of carboxylic acid groups (broad SMARTS) is 1. The molecule has 0 radical (unpaired) electrons. The Labute approximate surface area is 124 Å². The predicted molar refractivity (Wildman–Crippen MR) is 81.5 cm³/mol. The van der Waals surface area contributed by atoms with Crippen molar-refractivity contribution in [3.8, 4) is 0 Å². The molecule has 104 valence electrons. The van der Waals surface area contributed by atoms with E-state index in [4.69, 9.17) is 0 Å². The molecule has 2 aromatic rings. The van der Waals surface area contributed by atoms with Gasteiger partial charge in [-0.1, -0.05) is 18.2 Å². The summed E-state index contributed by atoms with van der Waals surface area (Å²) < 4.78 is 1.06. The molecule has 0 spiro atoms. The lowest BCUT2D eigenvalue weighted by Gasteiger charge is -2.19. The molecule has 0 unspecified atom stereocenters. The monoisotopic (exact) mass is 307 g/mol. The number of thioether (sulfide) groups is 1. The van der Waals surface area contributed by atoms with E-state index in [1.165, 1.54) is 28.0 Å². The van der Waals surface area contributed by atoms with Gasteiger partial charge in [-0.3, -0.25) is 4.79 Å². The molecule has 1 aliphatic heterocycles. The fourth-order valence-corrected chi connectivity index (χ4v) is 4.67. The lowest BCUT2D eigenvalue weighted by molar-refractivity contribution is -0.140. The van der Waals surface area contributed by atoms with Crippen molar-refractivity contribution < 1.29 is 14.7 Å². The first-order valence-corrected chi connectivity index (χ1v) is 8.16. The minimum atomic E-state index is -0.929. The molecule has 0 saturated carbocycles. The largest absolute Gasteiger partial charge is 0.480 e. The van der Waals surface area contributed by atoms with Gasteiger partial charge in [0.1, 0.15) is 6.04 Å². The van der Waals surface area contributed by atoms with Gasteiger partial charge in [-0.2, -0.15) is 0 Å². The van der Waals surface area contributed by atoms with Crippen LogP contribution in [-0.2, 0) is 4.79 Å². The van der Waals surface area contributed by atoms with Gasteiger partial charge in [-0.25, -0.2) is 4.79 Å². The summed E-state index contributed by atoms with van der Waals surface area (Å²) in [5.41, 5.74) is 0.941. The second kappa shape index (κ2) is 5.10. The number of carboxylic acids is 1. The topological polar surface area (TPSA) is 57.6 Å². The van der Waals surface area contributed by atoms with Gasteiger partial charge in [0.05, 0.1) is 10.8 Å². The van der Waals surface area contributed by atoms with E-state index in [1.807, 2.05) is 31.2 Å². The molecule has 20 heavy (non-hydrogen) atoms. The number of thiophene rings is 1. The van der Waals surface area contributed by atoms with E-state index in [0.29, 0.717) is 16.5 Å². The Bertz CT molecular complexity index is 695. The summed E-state index contributed by atoms with van der Waals surface area (Å²) in [4.78, 5) is 25.9. The zero-order valence-electron chi connectivity index (χ0n) is 10.8. The van der Waals surface area contributed by atoms with Crippen molar-refractivity contribution in [2.24, 2.45) is 0 Å². The second-order valence-electron chi connectivity index (χ2n) is 4.68. The van der Waals surface area contributed by atoms with E-state index in [-0.39, 0.29) is 5.91 Å². The van der Waals surface area contributed by atoms with Crippen molar-refractivity contribution in [1.82, 2.24) is 4.90 Å². The summed E-state index contributed by atoms with van der Waals surface area (Å²) >= 11 is 2.92. The van der Waals surface area contributed by atoms with Gasteiger partial charge in [-0.05, 0) is 23.9 Å². The standard InChI is InChI=1S/C14H13NO3S2/c1-8-9-4-2-3-5-11(9)20-12(8)13(16)15-7-19-6-10(15)14(17)18/h2-5,10H,6-7H2,1H3,(H,17,18)/t10-/m0/s1. The normalized spacial score (nSPS) is 18.6. The number of carbonyl (C=O) groups excluding carboxylic acids is 1. The Balaban J connectivity index is 2.00. The third-order valence-corrected chi connectivity index (χ3v) is 5.74. The number of aryl methyl sites for hydroxylation is 1. The molecule has 0 bridgehead atoms. The Morgan fingerprint density at radius 1 is 1.35 bits per heavy atom. The number of fused-ring (bicyclic) bond motifs is 1. The summed E-state index contributed by atoms with van der Waals surface area (Å²) in [6.45, 7) is 1.92. The van der Waals surface area contributed by atoms with Crippen LogP contribution in [0, 0.1) is 6.92 Å². The highest BCUT2D eigenvalue weighted by atomic mass is 32.2. The van der Waals surface area contributed by atoms with Crippen LogP contribution in [-0.4, -0.2) is 39.6 Å². The van der Waals surface area contributed by atoms with E-state index in [9.17, 15) is 14.7 Å². The number of carbonyl (C=O) groups is 2. The summed E-state index contributed by atoms with van der Waals surface area (Å²) in [6.07, 6.45) is 0. The van der Waals surface area contributed by atoms with Crippen LogP contribution in [0.5, 0.6) is 0 Å². The van der Waals surface area contributed by atoms with Crippen LogP contribution < -0.4 is 0 Å². The second-order valence-corrected chi connectivity index (χ2v) is 6.73. The predicted octanol–water partition coefficient (Wildman–Crippen LogP) is 2.81. The van der Waals surface area contributed by atoms with E-state index < -0.39 is 12.0 Å². The summed E-state index contributed by atoms with van der Waals surface area (Å²) in [5.74, 6) is -0.183. The number of nitrogens with zero attached hydrogens (tertiary/aromatic N) is 1. The maximum absolute atomic E-state index is 12.6. The molecule has 1 aromatic carbocycles. The summed E-state index contributed by atoms with van der Waals surface area (Å²) in [5, 5.41) is 10.3. The number of amides is 1. The molecule has 1 aliphatic rings. The first kappa shape index (κ1) is 13.5. The number of hydrogen-bond acceptors (Lipinski definition) is 4. The lowest BCUT2D eigenvalue weighted by atomic mass is 10.1. The zero-order chi connectivity index (χ0) is 14.3. The number of benzene rings is 1. The highest BCUT2D eigenvalue weighted by molar-refractivity contribution is 7.99. The first-order valence-electron chi connectivity index (χ1n) is 6.19. The maximum Gasteiger partial charge on any atom is 0.327 e. The maximum atomic E-state index is 12.6. The highest BCUT2D eigenvalue weighted by Crippen LogP contribution is 2.33. The molecule has 2 heterocycles. The van der Waals surface area contributed by atoms with Crippen LogP contribution in [0.4, 0.5) is 0 Å². The summed E-state index contributed by atoms with van der Waals surface area (Å²) in [6, 6.07) is 7.15. The van der Waals surface area contributed by atoms with E-state index >= 15 is 0 Å². The molecule has 1 N–H and O–H groups in total. The van der Waals surface area contributed by atoms with Crippen LogP contribution in [0.1, 0.15) is 15.2 Å². The van der Waals surface area contributed by atoms with Crippen LogP contribution in [0.25, 0.3) is 10.1 Å². The first-order chi connectivity index (χ1) is 9.59. The molecule has 3 rings (SSSR count). The third-order valence-electron chi connectivity index (χ3n) is 3.47. The fourth-order valence-electron chi connectivity index (χ4n) is 2.36. The minimum absolute atomic E-state index is 0.166. The van der Waals surface area contributed by atoms with Crippen molar-refractivity contribution >= 4 is 45.1 Å². The summed E-state index contributed by atoms with van der Waals surface area (Å²) in [7, 11) is 0. The minimum Gasteiger partial charge on any atom is -0.480 e. The molecule has 4 nitrogen and oxygen atoms in total. The Hall–Kier alpha value is -1.53. The molecule has 1 fully saturated rings. The average Bonchev–Trinajstić information content (AvgIpc) is 3.04. The van der Waals surface area contributed by atoms with Gasteiger partial charge < -0.3 is 10.0 Å². The van der Waals surface area contributed by atoms with Crippen molar-refractivity contribution in [2.45, 2.75) is 13.0 Å². The van der Waals surface area contributed by atoms with Crippen LogP contribution >= 0.6 is 23.1 Å². The van der Waals surface area contributed by atoms with Gasteiger partial charge in [0, 0.05) is 10.5 Å². The third kappa shape index (κ3) is 2.09. The quantitative estimate of drug-likeness (QED) is 0.927. The van der Waals surface area contributed by atoms with Gasteiger partial charge >= 0.3 is 5.97 Å². The number of aliphatic carboxylic acids is 1. The van der Waals surface area contributed by atoms with Crippen molar-refractivity contribution in [3.63, 3.8) is 0 Å².